The van der Waals surface area contributed by atoms with E-state index < -0.39 is 0 Å². The molecule has 2 aliphatic carbocycles. The molecular weight excluding hydrogens is 314 g/mol. The van der Waals surface area contributed by atoms with E-state index in [1.165, 1.54) is 37.7 Å². The maximum atomic E-state index is 6.93. The Morgan fingerprint density at radius 3 is 2.62 bits per heavy atom. The summed E-state index contributed by atoms with van der Waals surface area (Å²) in [4.78, 5) is 0. The van der Waals surface area contributed by atoms with Crippen LogP contribution in [-0.2, 0) is 0 Å². The number of rotatable bonds is 7. The van der Waals surface area contributed by atoms with Gasteiger partial charge in [-0.15, -0.1) is 11.6 Å². The van der Waals surface area contributed by atoms with Crippen LogP contribution < -0.4 is 5.73 Å². The van der Waals surface area contributed by atoms with Gasteiger partial charge in [0.15, 0.2) is 0 Å². The van der Waals surface area contributed by atoms with E-state index in [9.17, 15) is 0 Å². The molecule has 0 bridgehead atoms. The zero-order valence-corrected chi connectivity index (χ0v) is 17.3. The molecule has 0 aromatic carbocycles. The first-order valence-corrected chi connectivity index (χ1v) is 10.5. The van der Waals surface area contributed by atoms with E-state index in [2.05, 4.69) is 47.3 Å². The van der Waals surface area contributed by atoms with Crippen LogP contribution in [0.15, 0.2) is 23.9 Å². The molecule has 0 heterocycles. The monoisotopic (exact) mass is 351 g/mol. The van der Waals surface area contributed by atoms with Crippen molar-refractivity contribution in [2.24, 2.45) is 34.3 Å². The first kappa shape index (κ1) is 19.9. The molecule has 2 saturated carbocycles. The van der Waals surface area contributed by atoms with E-state index in [-0.39, 0.29) is 10.8 Å². The van der Waals surface area contributed by atoms with E-state index >= 15 is 0 Å². The molecule has 1 nitrogen and oxygen atoms in total. The SMILES string of the molecule is C=C(N)/C=C(\C(Cl)CCC)C1(C)CCC2CC(C)CC21C(C)CC. The third kappa shape index (κ3) is 3.06. The minimum Gasteiger partial charge on any atom is -0.399 e. The van der Waals surface area contributed by atoms with Crippen molar-refractivity contribution in [2.45, 2.75) is 84.9 Å². The van der Waals surface area contributed by atoms with Gasteiger partial charge < -0.3 is 5.73 Å². The predicted molar refractivity (Wildman–Crippen MR) is 107 cm³/mol. The summed E-state index contributed by atoms with van der Waals surface area (Å²) < 4.78 is 0. The highest BCUT2D eigenvalue weighted by Crippen LogP contribution is 2.71. The minimum absolute atomic E-state index is 0.0795. The zero-order chi connectivity index (χ0) is 18.1. The Labute approximate surface area is 155 Å². The molecule has 0 radical (unpaired) electrons. The van der Waals surface area contributed by atoms with Crippen LogP contribution in [0, 0.1) is 28.6 Å². The lowest BCUT2D eigenvalue weighted by Gasteiger charge is -2.51. The van der Waals surface area contributed by atoms with Gasteiger partial charge in [0.1, 0.15) is 0 Å². The lowest BCUT2D eigenvalue weighted by molar-refractivity contribution is 0.0256. The van der Waals surface area contributed by atoms with Crippen molar-refractivity contribution < 1.29 is 0 Å². The minimum atomic E-state index is 0.0795. The van der Waals surface area contributed by atoms with Gasteiger partial charge in [-0.3, -0.25) is 0 Å². The summed E-state index contributed by atoms with van der Waals surface area (Å²) in [6, 6.07) is 0. The predicted octanol–water partition coefficient (Wildman–Crippen LogP) is 6.67. The van der Waals surface area contributed by atoms with Crippen molar-refractivity contribution in [1.29, 1.82) is 0 Å². The Balaban J connectivity index is 2.56. The molecule has 2 fully saturated rings. The first-order chi connectivity index (χ1) is 11.2. The van der Waals surface area contributed by atoms with Gasteiger partial charge in [0.25, 0.3) is 0 Å². The van der Waals surface area contributed by atoms with Crippen LogP contribution in [0.4, 0.5) is 0 Å². The second-order valence-electron chi connectivity index (χ2n) is 8.89. The second-order valence-corrected chi connectivity index (χ2v) is 9.42. The maximum Gasteiger partial charge on any atom is 0.0554 e. The van der Waals surface area contributed by atoms with Crippen molar-refractivity contribution in [3.8, 4) is 0 Å². The highest BCUT2D eigenvalue weighted by molar-refractivity contribution is 6.22. The molecule has 24 heavy (non-hydrogen) atoms. The smallest absolute Gasteiger partial charge is 0.0554 e. The average Bonchev–Trinajstić information content (AvgIpc) is 2.99. The van der Waals surface area contributed by atoms with Gasteiger partial charge in [0.2, 0.25) is 0 Å². The Morgan fingerprint density at radius 1 is 1.42 bits per heavy atom. The maximum absolute atomic E-state index is 6.93. The number of nitrogens with two attached hydrogens (primary N) is 1. The molecule has 2 heteroatoms. The van der Waals surface area contributed by atoms with E-state index in [0.717, 1.165) is 30.6 Å². The Morgan fingerprint density at radius 2 is 2.08 bits per heavy atom. The van der Waals surface area contributed by atoms with Gasteiger partial charge in [0, 0.05) is 5.70 Å². The summed E-state index contributed by atoms with van der Waals surface area (Å²) in [5.41, 5.74) is 8.60. The number of hydrogen-bond donors (Lipinski definition) is 1. The van der Waals surface area contributed by atoms with Gasteiger partial charge >= 0.3 is 0 Å². The molecule has 0 aliphatic heterocycles. The van der Waals surface area contributed by atoms with E-state index in [4.69, 9.17) is 17.3 Å². The number of allylic oxidation sites excluding steroid dienone is 2. The van der Waals surface area contributed by atoms with E-state index in [0.29, 0.717) is 11.1 Å². The van der Waals surface area contributed by atoms with Gasteiger partial charge in [0.05, 0.1) is 5.38 Å². The fraction of sp³-hybridized carbons (Fsp3) is 0.818. The summed E-state index contributed by atoms with van der Waals surface area (Å²) in [6.07, 6.45) is 10.8. The molecule has 2 rings (SSSR count). The topological polar surface area (TPSA) is 26.0 Å². The summed E-state index contributed by atoms with van der Waals surface area (Å²) in [5, 5.41) is 0.0795. The third-order valence-electron chi connectivity index (χ3n) is 7.47. The molecule has 6 unspecified atom stereocenters. The van der Waals surface area contributed by atoms with Gasteiger partial charge in [-0.2, -0.15) is 0 Å². The quantitative estimate of drug-likeness (QED) is 0.402. The second kappa shape index (κ2) is 7.44. The lowest BCUT2D eigenvalue weighted by Crippen LogP contribution is -2.45. The molecule has 2 N–H and O–H groups in total. The average molecular weight is 352 g/mol. The molecule has 0 amide bonds. The molecule has 0 aromatic rings. The molecule has 0 aromatic heterocycles. The van der Waals surface area contributed by atoms with Gasteiger partial charge in [-0.05, 0) is 72.3 Å². The normalized spacial score (nSPS) is 38.8. The Kier molecular flexibility index (Phi) is 6.17. The summed E-state index contributed by atoms with van der Waals surface area (Å²) in [5.74, 6) is 2.39. The molecular formula is C22H38ClN. The molecule has 0 spiro atoms. The Hall–Kier alpha value is -0.430. The number of alkyl halides is 1. The fourth-order valence-electron chi connectivity index (χ4n) is 6.40. The van der Waals surface area contributed by atoms with Crippen LogP contribution in [0.3, 0.4) is 0 Å². The highest BCUT2D eigenvalue weighted by atomic mass is 35.5. The van der Waals surface area contributed by atoms with Gasteiger partial charge in [-0.1, -0.05) is 54.0 Å². The van der Waals surface area contributed by atoms with Crippen molar-refractivity contribution in [3.05, 3.63) is 23.9 Å². The molecule has 2 aliphatic rings. The largest absolute Gasteiger partial charge is 0.399 e. The van der Waals surface area contributed by atoms with Crippen LogP contribution in [0.1, 0.15) is 79.6 Å². The van der Waals surface area contributed by atoms with Crippen LogP contribution in [0.25, 0.3) is 0 Å². The molecule has 0 saturated heterocycles. The first-order valence-electron chi connectivity index (χ1n) is 10.0. The number of hydrogen-bond acceptors (Lipinski definition) is 1. The molecule has 138 valence electrons. The number of fused-ring (bicyclic) bond motifs is 1. The van der Waals surface area contributed by atoms with Crippen molar-refractivity contribution in [3.63, 3.8) is 0 Å². The summed E-state index contributed by atoms with van der Waals surface area (Å²) in [6.45, 7) is 16.0. The van der Waals surface area contributed by atoms with Crippen molar-refractivity contribution in [1.82, 2.24) is 0 Å². The van der Waals surface area contributed by atoms with E-state index in [1.807, 2.05) is 0 Å². The molecule has 6 atom stereocenters. The fourth-order valence-corrected chi connectivity index (χ4v) is 6.92. The summed E-state index contributed by atoms with van der Waals surface area (Å²) in [7, 11) is 0. The van der Waals surface area contributed by atoms with Crippen molar-refractivity contribution in [2.75, 3.05) is 0 Å². The number of halogens is 1. The summed E-state index contributed by atoms with van der Waals surface area (Å²) >= 11 is 6.93. The standard InChI is InChI=1S/C22H38ClN/c1-7-9-20(23)19(13-17(5)24)21(6)11-10-18-12-15(3)14-22(18,21)16(4)8-2/h13,15-16,18,20H,5,7-12,14,24H2,1-4,6H3/b19-13+. The van der Waals surface area contributed by atoms with Gasteiger partial charge in [-0.25, -0.2) is 0 Å². The van der Waals surface area contributed by atoms with Crippen LogP contribution in [0.5, 0.6) is 0 Å². The Bertz CT molecular complexity index is 496. The lowest BCUT2D eigenvalue weighted by atomic mass is 9.54. The third-order valence-corrected chi connectivity index (χ3v) is 7.92. The van der Waals surface area contributed by atoms with Crippen molar-refractivity contribution >= 4 is 11.6 Å². The van der Waals surface area contributed by atoms with Crippen LogP contribution in [-0.4, -0.2) is 5.38 Å². The zero-order valence-electron chi connectivity index (χ0n) is 16.5. The van der Waals surface area contributed by atoms with E-state index in [1.54, 1.807) is 0 Å². The highest BCUT2D eigenvalue weighted by Gasteiger charge is 2.63. The van der Waals surface area contributed by atoms with Crippen LogP contribution >= 0.6 is 11.6 Å². The van der Waals surface area contributed by atoms with Crippen LogP contribution in [0.2, 0.25) is 0 Å².